The Hall–Kier alpha value is -4.45. The molecule has 43 heavy (non-hydrogen) atoms. The van der Waals surface area contributed by atoms with Crippen molar-refractivity contribution >= 4 is 34.5 Å². The summed E-state index contributed by atoms with van der Waals surface area (Å²) in [7, 11) is 2.98. The van der Waals surface area contributed by atoms with Crippen LogP contribution in [0.4, 0.5) is 4.39 Å². The lowest BCUT2D eigenvalue weighted by molar-refractivity contribution is -0.140. The molecule has 1 fully saturated rings. The second kappa shape index (κ2) is 12.8. The topological polar surface area (TPSA) is 141 Å². The first-order chi connectivity index (χ1) is 20.6. The predicted octanol–water partition coefficient (Wildman–Crippen LogP) is 1.67. The Morgan fingerprint density at radius 1 is 1.14 bits per heavy atom. The maximum absolute atomic E-state index is 14.4. The summed E-state index contributed by atoms with van der Waals surface area (Å²) in [5.74, 6) is -2.20. The largest absolute Gasteiger partial charge is 0.491 e. The molecule has 2 aliphatic heterocycles. The molecule has 2 aromatic carbocycles. The van der Waals surface area contributed by atoms with Gasteiger partial charge in [-0.15, -0.1) is 0 Å². The van der Waals surface area contributed by atoms with Crippen LogP contribution < -0.4 is 15.8 Å². The molecule has 1 aromatic heterocycles. The number of ether oxygens (including phenoxy) is 1. The Morgan fingerprint density at radius 2 is 1.93 bits per heavy atom. The van der Waals surface area contributed by atoms with E-state index in [1.165, 1.54) is 36.0 Å². The van der Waals surface area contributed by atoms with Gasteiger partial charge in [0.05, 0.1) is 18.2 Å². The van der Waals surface area contributed by atoms with Crippen LogP contribution in [0, 0.1) is 5.82 Å². The molecule has 3 aromatic rings. The zero-order valence-corrected chi connectivity index (χ0v) is 24.3. The lowest BCUT2D eigenvalue weighted by Crippen LogP contribution is -2.49. The molecular weight excluding hydrogens is 555 g/mol. The summed E-state index contributed by atoms with van der Waals surface area (Å²) >= 11 is 0. The van der Waals surface area contributed by atoms with Crippen LogP contribution in [0.2, 0.25) is 0 Å². The van der Waals surface area contributed by atoms with Crippen LogP contribution in [-0.2, 0) is 20.8 Å². The molecule has 11 nitrogen and oxygen atoms in total. The van der Waals surface area contributed by atoms with E-state index in [1.54, 1.807) is 4.90 Å². The smallest absolute Gasteiger partial charge is 0.258 e. The maximum atomic E-state index is 14.4. The van der Waals surface area contributed by atoms with Gasteiger partial charge in [-0.3, -0.25) is 19.2 Å². The molecule has 228 valence electrons. The highest BCUT2D eigenvalue weighted by Gasteiger charge is 2.36. The van der Waals surface area contributed by atoms with Crippen LogP contribution in [0.1, 0.15) is 35.2 Å². The van der Waals surface area contributed by atoms with Gasteiger partial charge in [0.1, 0.15) is 24.2 Å². The molecule has 2 aliphatic rings. The molecule has 1 saturated heterocycles. The van der Waals surface area contributed by atoms with Crippen molar-refractivity contribution < 1.29 is 28.3 Å². The molecule has 4 amide bonds. The van der Waals surface area contributed by atoms with E-state index >= 15 is 0 Å². The molecule has 3 atom stereocenters. The summed E-state index contributed by atoms with van der Waals surface area (Å²) in [6.45, 7) is 0.494. The summed E-state index contributed by atoms with van der Waals surface area (Å²) in [6, 6.07) is 9.81. The van der Waals surface area contributed by atoms with Gasteiger partial charge in [0, 0.05) is 56.7 Å². The number of halogens is 1. The van der Waals surface area contributed by atoms with Gasteiger partial charge in [-0.05, 0) is 49.1 Å². The molecule has 0 unspecified atom stereocenters. The summed E-state index contributed by atoms with van der Waals surface area (Å²) in [5, 5.41) is 3.96. The average molecular weight is 593 g/mol. The Morgan fingerprint density at radius 3 is 2.74 bits per heavy atom. The van der Waals surface area contributed by atoms with Crippen molar-refractivity contribution in [3.63, 3.8) is 0 Å². The molecule has 0 saturated carbocycles. The summed E-state index contributed by atoms with van der Waals surface area (Å²) in [5.41, 5.74) is 8.11. The second-order valence-electron chi connectivity index (χ2n) is 11.3. The number of nitrogens with two attached hydrogens (primary N) is 1. The number of aromatic amines is 1. The van der Waals surface area contributed by atoms with Crippen LogP contribution in [-0.4, -0.2) is 102 Å². The minimum Gasteiger partial charge on any atom is -0.491 e. The third-order valence-corrected chi connectivity index (χ3v) is 8.26. The minimum absolute atomic E-state index is 0.00123. The molecule has 4 N–H and O–H groups in total. The van der Waals surface area contributed by atoms with E-state index in [4.69, 9.17) is 10.5 Å². The first-order valence-corrected chi connectivity index (χ1v) is 14.4. The standard InChI is InChI=1S/C31H37FN6O5/c1-36-17-29(40)38-16-21(33)14-22(38)18-43-27-9-7-20(32)13-24(27)31(42)37(2)26(8-10-28(36)39)30(41)34-12-11-19-15-35-25-6-4-3-5-23(19)25/h3-7,9,13,15,21-22,26,35H,8,10-12,14,16-18,33H2,1-2H3,(H,34,41)/t21-,22-,26-/m0/s1. The number of para-hydroxylation sites is 1. The highest BCUT2D eigenvalue weighted by Crippen LogP contribution is 2.26. The van der Waals surface area contributed by atoms with Crippen molar-refractivity contribution in [3.8, 4) is 5.75 Å². The Labute approximate surface area is 249 Å². The Balaban J connectivity index is 1.38. The lowest BCUT2D eigenvalue weighted by Gasteiger charge is -2.28. The highest BCUT2D eigenvalue weighted by atomic mass is 19.1. The van der Waals surface area contributed by atoms with Crippen LogP contribution in [0.3, 0.4) is 0 Å². The van der Waals surface area contributed by atoms with Crippen molar-refractivity contribution in [3.05, 3.63) is 65.6 Å². The number of hydrogen-bond donors (Lipinski definition) is 3. The van der Waals surface area contributed by atoms with Crippen molar-refractivity contribution in [2.45, 2.75) is 43.8 Å². The number of carbonyl (C=O) groups is 4. The van der Waals surface area contributed by atoms with Gasteiger partial charge in [-0.25, -0.2) is 4.39 Å². The zero-order chi connectivity index (χ0) is 30.7. The first-order valence-electron chi connectivity index (χ1n) is 14.4. The third kappa shape index (κ3) is 6.64. The SMILES string of the molecule is CN1CC(=O)N2C[C@@H](N)C[C@H]2COc2ccc(F)cc2C(=O)N(C)[C@H](C(=O)NCCc2c[nH]c3ccccc23)CCC1=O. The van der Waals surface area contributed by atoms with Crippen molar-refractivity contribution in [2.24, 2.45) is 5.73 Å². The van der Waals surface area contributed by atoms with E-state index in [2.05, 4.69) is 10.3 Å². The van der Waals surface area contributed by atoms with Crippen LogP contribution in [0.5, 0.6) is 5.75 Å². The molecule has 0 bridgehead atoms. The Kier molecular flexibility index (Phi) is 8.95. The van der Waals surface area contributed by atoms with Gasteiger partial charge in [-0.1, -0.05) is 18.2 Å². The quantitative estimate of drug-likeness (QED) is 0.421. The fourth-order valence-electron chi connectivity index (χ4n) is 5.84. The first kappa shape index (κ1) is 30.0. The van der Waals surface area contributed by atoms with E-state index < -0.39 is 23.7 Å². The van der Waals surface area contributed by atoms with Gasteiger partial charge in [0.2, 0.25) is 17.7 Å². The number of carbonyl (C=O) groups excluding carboxylic acids is 4. The van der Waals surface area contributed by atoms with Crippen molar-refractivity contribution in [1.82, 2.24) is 25.0 Å². The van der Waals surface area contributed by atoms with Gasteiger partial charge < -0.3 is 35.5 Å². The molecule has 3 heterocycles. The molecule has 5 rings (SSSR count). The third-order valence-electron chi connectivity index (χ3n) is 8.26. The number of nitrogens with one attached hydrogen (secondary N) is 2. The monoisotopic (exact) mass is 592 g/mol. The predicted molar refractivity (Wildman–Crippen MR) is 158 cm³/mol. The summed E-state index contributed by atoms with van der Waals surface area (Å²) in [6.07, 6.45) is 2.84. The lowest BCUT2D eigenvalue weighted by atomic mass is 10.1. The van der Waals surface area contributed by atoms with E-state index in [-0.39, 0.29) is 61.2 Å². The van der Waals surface area contributed by atoms with Crippen LogP contribution in [0.25, 0.3) is 10.9 Å². The normalized spacial score (nSPS) is 22.1. The fourth-order valence-corrected chi connectivity index (χ4v) is 5.84. The van der Waals surface area contributed by atoms with Gasteiger partial charge in [-0.2, -0.15) is 0 Å². The van der Waals surface area contributed by atoms with E-state index in [9.17, 15) is 23.6 Å². The number of nitrogens with zero attached hydrogens (tertiary/aromatic N) is 3. The van der Waals surface area contributed by atoms with E-state index in [0.717, 1.165) is 22.5 Å². The highest BCUT2D eigenvalue weighted by molar-refractivity contribution is 5.99. The number of benzene rings is 2. The number of likely N-dealkylation sites (N-methyl/N-ethyl adjacent to an activating group) is 2. The van der Waals surface area contributed by atoms with E-state index in [0.29, 0.717) is 25.9 Å². The minimum atomic E-state index is -1.04. The number of H-pyrrole nitrogens is 1. The zero-order valence-electron chi connectivity index (χ0n) is 24.3. The molecule has 12 heteroatoms. The van der Waals surface area contributed by atoms with Crippen molar-refractivity contribution in [1.29, 1.82) is 0 Å². The number of fused-ring (bicyclic) bond motifs is 3. The van der Waals surface area contributed by atoms with Gasteiger partial charge in [0.25, 0.3) is 5.91 Å². The second-order valence-corrected chi connectivity index (χ2v) is 11.3. The fraction of sp³-hybridized carbons (Fsp3) is 0.419. The van der Waals surface area contributed by atoms with Gasteiger partial charge >= 0.3 is 0 Å². The number of aromatic nitrogens is 1. The van der Waals surface area contributed by atoms with Crippen LogP contribution in [0.15, 0.2) is 48.7 Å². The summed E-state index contributed by atoms with van der Waals surface area (Å²) < 4.78 is 20.4. The molecule has 0 aliphatic carbocycles. The number of rotatable bonds is 4. The Bertz CT molecular complexity index is 1530. The molecular formula is C31H37FN6O5. The number of hydrogen-bond acceptors (Lipinski definition) is 6. The summed E-state index contributed by atoms with van der Waals surface area (Å²) in [4.78, 5) is 60.8. The van der Waals surface area contributed by atoms with E-state index in [1.807, 2.05) is 30.5 Å². The van der Waals surface area contributed by atoms with Gasteiger partial charge in [0.15, 0.2) is 0 Å². The van der Waals surface area contributed by atoms with Crippen molar-refractivity contribution in [2.75, 3.05) is 40.3 Å². The van der Waals surface area contributed by atoms with Crippen LogP contribution >= 0.6 is 0 Å². The average Bonchev–Trinajstić information content (AvgIpc) is 3.58. The molecule has 0 radical (unpaired) electrons. The number of amides is 4. The maximum Gasteiger partial charge on any atom is 0.258 e. The molecule has 0 spiro atoms.